The summed E-state index contributed by atoms with van der Waals surface area (Å²) >= 11 is 0. The van der Waals surface area contributed by atoms with Crippen LogP contribution in [-0.2, 0) is 4.79 Å². The van der Waals surface area contributed by atoms with Crippen LogP contribution >= 0.6 is 0 Å². The molecular formula is C17H29NO2. The Morgan fingerprint density at radius 1 is 1.10 bits per heavy atom. The minimum atomic E-state index is -0.572. The minimum Gasteiger partial charge on any atom is -0.480 e. The zero-order valence-corrected chi connectivity index (χ0v) is 12.8. The number of carbonyl (C=O) groups is 1. The molecule has 114 valence electrons. The largest absolute Gasteiger partial charge is 0.480 e. The summed E-state index contributed by atoms with van der Waals surface area (Å²) < 4.78 is 0. The van der Waals surface area contributed by atoms with E-state index in [1.807, 2.05) is 0 Å². The smallest absolute Gasteiger partial charge is 0.320 e. The van der Waals surface area contributed by atoms with Crippen molar-refractivity contribution in [2.75, 3.05) is 0 Å². The van der Waals surface area contributed by atoms with Gasteiger partial charge in [0.15, 0.2) is 0 Å². The molecule has 0 radical (unpaired) electrons. The van der Waals surface area contributed by atoms with Gasteiger partial charge in [-0.2, -0.15) is 0 Å². The lowest BCUT2D eigenvalue weighted by atomic mass is 9.81. The molecule has 0 aromatic carbocycles. The van der Waals surface area contributed by atoms with E-state index < -0.39 is 5.97 Å². The maximum absolute atomic E-state index is 11.7. The highest BCUT2D eigenvalue weighted by molar-refractivity contribution is 5.74. The predicted octanol–water partition coefficient (Wildman–Crippen LogP) is 3.67. The molecule has 3 nitrogen and oxygen atoms in total. The van der Waals surface area contributed by atoms with E-state index in [0.29, 0.717) is 18.0 Å². The number of fused-ring (bicyclic) bond motifs is 1. The van der Waals surface area contributed by atoms with Crippen LogP contribution in [0.15, 0.2) is 0 Å². The summed E-state index contributed by atoms with van der Waals surface area (Å²) in [5.74, 6) is 0.977. The summed E-state index contributed by atoms with van der Waals surface area (Å²) in [5.41, 5.74) is 0. The Hall–Kier alpha value is -0.570. The fraction of sp³-hybridized carbons (Fsp3) is 0.941. The molecule has 0 bridgehead atoms. The molecule has 1 aliphatic heterocycles. The van der Waals surface area contributed by atoms with Crippen molar-refractivity contribution in [2.24, 2.45) is 11.8 Å². The lowest BCUT2D eigenvalue weighted by Gasteiger charge is -2.41. The van der Waals surface area contributed by atoms with Crippen molar-refractivity contribution in [3.05, 3.63) is 0 Å². The van der Waals surface area contributed by atoms with Gasteiger partial charge >= 0.3 is 5.97 Å². The van der Waals surface area contributed by atoms with Gasteiger partial charge in [-0.3, -0.25) is 9.69 Å². The first kappa shape index (κ1) is 14.4. The number of carboxylic acids is 1. The summed E-state index contributed by atoms with van der Waals surface area (Å²) in [6.07, 6.45) is 12.4. The first-order valence-corrected chi connectivity index (χ1v) is 8.71. The van der Waals surface area contributed by atoms with Crippen LogP contribution < -0.4 is 0 Å². The third-order valence-corrected chi connectivity index (χ3v) is 6.24. The van der Waals surface area contributed by atoms with Gasteiger partial charge in [-0.15, -0.1) is 0 Å². The van der Waals surface area contributed by atoms with E-state index in [4.69, 9.17) is 0 Å². The normalized spacial score (nSPS) is 42.4. The molecule has 3 atom stereocenters. The Bertz CT molecular complexity index is 349. The molecular weight excluding hydrogens is 250 g/mol. The predicted molar refractivity (Wildman–Crippen MR) is 79.7 cm³/mol. The molecule has 3 unspecified atom stereocenters. The van der Waals surface area contributed by atoms with Crippen LogP contribution in [0.25, 0.3) is 0 Å². The quantitative estimate of drug-likeness (QED) is 0.857. The van der Waals surface area contributed by atoms with E-state index in [1.165, 1.54) is 57.8 Å². The van der Waals surface area contributed by atoms with E-state index in [-0.39, 0.29) is 6.04 Å². The van der Waals surface area contributed by atoms with Gasteiger partial charge in [0.05, 0.1) is 0 Å². The average molecular weight is 279 g/mol. The topological polar surface area (TPSA) is 40.5 Å². The highest BCUT2D eigenvalue weighted by Gasteiger charge is 2.48. The Kier molecular flexibility index (Phi) is 4.34. The second kappa shape index (κ2) is 6.05. The zero-order valence-electron chi connectivity index (χ0n) is 12.8. The van der Waals surface area contributed by atoms with Crippen LogP contribution in [-0.4, -0.2) is 34.1 Å². The van der Waals surface area contributed by atoms with Gasteiger partial charge in [-0.25, -0.2) is 0 Å². The van der Waals surface area contributed by atoms with Crippen molar-refractivity contribution >= 4 is 5.97 Å². The first-order valence-electron chi connectivity index (χ1n) is 8.71. The van der Waals surface area contributed by atoms with Gasteiger partial charge in [0.2, 0.25) is 0 Å². The van der Waals surface area contributed by atoms with Crippen LogP contribution in [0.5, 0.6) is 0 Å². The van der Waals surface area contributed by atoms with E-state index in [2.05, 4.69) is 11.8 Å². The number of rotatable bonds is 3. The van der Waals surface area contributed by atoms with Crippen molar-refractivity contribution in [1.29, 1.82) is 0 Å². The Balaban J connectivity index is 1.72. The second-order valence-electron chi connectivity index (χ2n) is 7.23. The number of carboxylic acid groups (broad SMARTS) is 1. The number of aliphatic carboxylic acids is 1. The lowest BCUT2D eigenvalue weighted by Crippen LogP contribution is -2.49. The Morgan fingerprint density at radius 3 is 2.45 bits per heavy atom. The molecule has 2 aliphatic carbocycles. The van der Waals surface area contributed by atoms with Crippen LogP contribution in [0.4, 0.5) is 0 Å². The van der Waals surface area contributed by atoms with Gasteiger partial charge in [0.25, 0.3) is 0 Å². The first-order chi connectivity index (χ1) is 9.70. The molecule has 3 rings (SSSR count). The Morgan fingerprint density at radius 2 is 1.80 bits per heavy atom. The fourth-order valence-electron chi connectivity index (χ4n) is 5.10. The van der Waals surface area contributed by atoms with Gasteiger partial charge in [-0.1, -0.05) is 26.2 Å². The Labute approximate surface area is 122 Å². The van der Waals surface area contributed by atoms with Crippen LogP contribution in [0, 0.1) is 11.8 Å². The molecule has 0 amide bonds. The van der Waals surface area contributed by atoms with Gasteiger partial charge < -0.3 is 5.11 Å². The van der Waals surface area contributed by atoms with Crippen molar-refractivity contribution in [1.82, 2.24) is 4.90 Å². The summed E-state index contributed by atoms with van der Waals surface area (Å²) in [6, 6.07) is 0.936. The van der Waals surface area contributed by atoms with Crippen molar-refractivity contribution in [3.8, 4) is 0 Å². The molecule has 0 spiro atoms. The molecule has 0 aromatic rings. The highest BCUT2D eigenvalue weighted by atomic mass is 16.4. The maximum atomic E-state index is 11.7. The fourth-order valence-corrected chi connectivity index (χ4v) is 5.10. The molecule has 1 heterocycles. The monoisotopic (exact) mass is 279 g/mol. The number of nitrogens with zero attached hydrogens (tertiary/aromatic N) is 1. The van der Waals surface area contributed by atoms with Gasteiger partial charge in [-0.05, 0) is 56.8 Å². The molecule has 3 fully saturated rings. The minimum absolute atomic E-state index is 0.189. The van der Waals surface area contributed by atoms with Crippen molar-refractivity contribution in [2.45, 2.75) is 89.3 Å². The molecule has 3 aliphatic rings. The second-order valence-corrected chi connectivity index (χ2v) is 7.23. The molecule has 1 saturated heterocycles. The van der Waals surface area contributed by atoms with E-state index in [0.717, 1.165) is 12.3 Å². The lowest BCUT2D eigenvalue weighted by molar-refractivity contribution is -0.144. The van der Waals surface area contributed by atoms with Crippen molar-refractivity contribution < 1.29 is 9.90 Å². The number of hydrogen-bond acceptors (Lipinski definition) is 2. The summed E-state index contributed by atoms with van der Waals surface area (Å²) in [5, 5.41) is 9.62. The standard InChI is InChI=1S/C17H29NO2/c1-2-12-7-9-14(10-8-12)18-15-6-4-3-5-13(15)11-16(18)17(19)20/h12-16H,2-11H2,1H3,(H,19,20). The average Bonchev–Trinajstić information content (AvgIpc) is 2.87. The third-order valence-electron chi connectivity index (χ3n) is 6.24. The highest BCUT2D eigenvalue weighted by Crippen LogP contribution is 2.43. The molecule has 0 aromatic heterocycles. The van der Waals surface area contributed by atoms with Crippen LogP contribution in [0.3, 0.4) is 0 Å². The molecule has 3 heteroatoms. The van der Waals surface area contributed by atoms with E-state index in [1.54, 1.807) is 0 Å². The molecule has 2 saturated carbocycles. The van der Waals surface area contributed by atoms with Gasteiger partial charge in [0.1, 0.15) is 6.04 Å². The van der Waals surface area contributed by atoms with E-state index in [9.17, 15) is 9.90 Å². The number of likely N-dealkylation sites (tertiary alicyclic amines) is 1. The molecule has 20 heavy (non-hydrogen) atoms. The summed E-state index contributed by atoms with van der Waals surface area (Å²) in [4.78, 5) is 14.1. The van der Waals surface area contributed by atoms with Crippen molar-refractivity contribution in [3.63, 3.8) is 0 Å². The van der Waals surface area contributed by atoms with Crippen LogP contribution in [0.2, 0.25) is 0 Å². The summed E-state index contributed by atoms with van der Waals surface area (Å²) in [7, 11) is 0. The van der Waals surface area contributed by atoms with Crippen LogP contribution in [0.1, 0.15) is 71.1 Å². The van der Waals surface area contributed by atoms with E-state index >= 15 is 0 Å². The zero-order chi connectivity index (χ0) is 14.1. The third kappa shape index (κ3) is 2.61. The SMILES string of the molecule is CCC1CCC(N2C(C(=O)O)CC3CCCCC32)CC1. The summed E-state index contributed by atoms with van der Waals surface area (Å²) in [6.45, 7) is 2.29. The van der Waals surface area contributed by atoms with Gasteiger partial charge in [0, 0.05) is 12.1 Å². The maximum Gasteiger partial charge on any atom is 0.320 e. The number of hydrogen-bond donors (Lipinski definition) is 1. The molecule has 1 N–H and O–H groups in total.